The summed E-state index contributed by atoms with van der Waals surface area (Å²) < 4.78 is 3.56. The zero-order valence-electron chi connectivity index (χ0n) is 17.4. The maximum absolute atomic E-state index is 13.1. The third-order valence-corrected chi connectivity index (χ3v) is 6.39. The Kier molecular flexibility index (Phi) is 5.24. The van der Waals surface area contributed by atoms with Gasteiger partial charge in [-0.25, -0.2) is 9.50 Å². The number of hydrogen-bond acceptors (Lipinski definition) is 5. The zero-order valence-corrected chi connectivity index (χ0v) is 19.0. The molecule has 0 bridgehead atoms. The molecule has 0 fully saturated rings. The molecule has 0 radical (unpaired) electrons. The first-order chi connectivity index (χ1) is 15.5. The van der Waals surface area contributed by atoms with Crippen LogP contribution >= 0.6 is 22.9 Å². The highest BCUT2D eigenvalue weighted by Gasteiger charge is 2.20. The van der Waals surface area contributed by atoms with Crippen molar-refractivity contribution in [2.24, 2.45) is 0 Å². The number of carbonyl (C=O) groups excluding carboxylic acids is 1. The Morgan fingerprint density at radius 3 is 2.84 bits per heavy atom. The first-order valence-electron chi connectivity index (χ1n) is 9.97. The number of carbonyl (C=O) groups is 1. The summed E-state index contributed by atoms with van der Waals surface area (Å²) in [5.74, 6) is -0.274. The number of amides is 1. The lowest BCUT2D eigenvalue weighted by molar-refractivity contribution is 0.102. The van der Waals surface area contributed by atoms with Crippen LogP contribution in [0, 0.1) is 13.8 Å². The predicted molar refractivity (Wildman–Crippen MR) is 127 cm³/mol. The summed E-state index contributed by atoms with van der Waals surface area (Å²) in [7, 11) is 0. The smallest absolute Gasteiger partial charge is 0.261 e. The minimum atomic E-state index is -0.274. The van der Waals surface area contributed by atoms with Gasteiger partial charge in [-0.1, -0.05) is 29.8 Å². The molecule has 4 aromatic heterocycles. The van der Waals surface area contributed by atoms with Crippen molar-refractivity contribution in [3.05, 3.63) is 87.8 Å². The highest BCUT2D eigenvalue weighted by molar-refractivity contribution is 7.13. The average Bonchev–Trinajstić information content (AvgIpc) is 3.50. The molecule has 5 rings (SSSR count). The fourth-order valence-corrected chi connectivity index (χ4v) is 4.63. The van der Waals surface area contributed by atoms with Crippen LogP contribution in [0.5, 0.6) is 0 Å². The Labute approximate surface area is 193 Å². The Balaban J connectivity index is 1.44. The molecule has 9 heteroatoms. The van der Waals surface area contributed by atoms with Gasteiger partial charge in [0.2, 0.25) is 0 Å². The van der Waals surface area contributed by atoms with Gasteiger partial charge in [-0.15, -0.1) is 11.3 Å². The summed E-state index contributed by atoms with van der Waals surface area (Å²) in [4.78, 5) is 18.6. The summed E-state index contributed by atoms with van der Waals surface area (Å²) >= 11 is 7.72. The number of aryl methyl sites for hydroxylation is 1. The lowest BCUT2D eigenvalue weighted by Gasteiger charge is -2.07. The number of hydrogen-bond donors (Lipinski definition) is 1. The summed E-state index contributed by atoms with van der Waals surface area (Å²) in [5, 5.41) is 14.7. The van der Waals surface area contributed by atoms with E-state index in [0.717, 1.165) is 27.5 Å². The molecule has 0 spiro atoms. The van der Waals surface area contributed by atoms with Crippen LogP contribution in [-0.2, 0) is 6.54 Å². The first-order valence-corrected chi connectivity index (χ1v) is 11.2. The maximum atomic E-state index is 13.1. The van der Waals surface area contributed by atoms with E-state index in [9.17, 15) is 4.79 Å². The van der Waals surface area contributed by atoms with Crippen LogP contribution < -0.4 is 5.32 Å². The molecule has 4 heterocycles. The molecule has 5 aromatic rings. The Bertz CT molecular complexity index is 1440. The van der Waals surface area contributed by atoms with Gasteiger partial charge in [0.05, 0.1) is 40.4 Å². The van der Waals surface area contributed by atoms with Gasteiger partial charge in [-0.2, -0.15) is 10.2 Å². The molecule has 1 N–H and O–H groups in total. The summed E-state index contributed by atoms with van der Waals surface area (Å²) in [5.41, 5.74) is 5.13. The lowest BCUT2D eigenvalue weighted by atomic mass is 10.2. The van der Waals surface area contributed by atoms with E-state index in [0.29, 0.717) is 28.5 Å². The lowest BCUT2D eigenvalue weighted by Crippen LogP contribution is -2.13. The van der Waals surface area contributed by atoms with Gasteiger partial charge in [-0.05, 0) is 49.1 Å². The molecule has 0 saturated carbocycles. The minimum absolute atomic E-state index is 0.274. The van der Waals surface area contributed by atoms with E-state index in [2.05, 4.69) is 20.5 Å². The van der Waals surface area contributed by atoms with Crippen LogP contribution in [0.3, 0.4) is 0 Å². The third-order valence-electron chi connectivity index (χ3n) is 5.26. The maximum Gasteiger partial charge on any atom is 0.261 e. The van der Waals surface area contributed by atoms with Gasteiger partial charge in [0.25, 0.3) is 5.91 Å². The molecule has 32 heavy (non-hydrogen) atoms. The fraction of sp³-hybridized carbons (Fsp3) is 0.130. The van der Waals surface area contributed by atoms with Crippen molar-refractivity contribution in [3.63, 3.8) is 0 Å². The van der Waals surface area contributed by atoms with Crippen molar-refractivity contribution < 1.29 is 4.79 Å². The van der Waals surface area contributed by atoms with Crippen molar-refractivity contribution in [3.8, 4) is 10.6 Å². The third kappa shape index (κ3) is 3.68. The molecule has 0 atom stereocenters. The number of halogens is 1. The number of nitrogens with one attached hydrogen (secondary N) is 1. The highest BCUT2D eigenvalue weighted by atomic mass is 35.5. The van der Waals surface area contributed by atoms with Crippen LogP contribution in [0.1, 0.15) is 27.3 Å². The van der Waals surface area contributed by atoms with E-state index in [4.69, 9.17) is 11.6 Å². The van der Waals surface area contributed by atoms with E-state index >= 15 is 0 Å². The number of thiophene rings is 1. The van der Waals surface area contributed by atoms with Gasteiger partial charge in [0, 0.05) is 11.2 Å². The van der Waals surface area contributed by atoms with Crippen molar-refractivity contribution in [1.82, 2.24) is 24.4 Å². The first kappa shape index (κ1) is 20.4. The summed E-state index contributed by atoms with van der Waals surface area (Å²) in [6, 6.07) is 13.5. The molecule has 7 nitrogen and oxygen atoms in total. The summed E-state index contributed by atoms with van der Waals surface area (Å²) in [6.45, 7) is 4.37. The highest BCUT2D eigenvalue weighted by Crippen LogP contribution is 2.26. The second kappa shape index (κ2) is 8.22. The van der Waals surface area contributed by atoms with Crippen LogP contribution in [-0.4, -0.2) is 30.3 Å². The molecule has 1 aromatic carbocycles. The van der Waals surface area contributed by atoms with E-state index < -0.39 is 0 Å². The van der Waals surface area contributed by atoms with E-state index in [1.807, 2.05) is 66.4 Å². The Morgan fingerprint density at radius 2 is 2.06 bits per heavy atom. The number of anilines is 1. The van der Waals surface area contributed by atoms with Crippen molar-refractivity contribution in [2.45, 2.75) is 20.4 Å². The molecular formula is C23H19ClN6OS. The number of benzene rings is 1. The van der Waals surface area contributed by atoms with Crippen LogP contribution in [0.4, 0.5) is 5.69 Å². The van der Waals surface area contributed by atoms with Crippen LogP contribution in [0.15, 0.2) is 60.2 Å². The molecule has 0 aliphatic carbocycles. The fourth-order valence-electron chi connectivity index (χ4n) is 3.68. The zero-order chi connectivity index (χ0) is 22.2. The molecule has 0 aliphatic heterocycles. The Hall–Kier alpha value is -3.49. The normalized spacial score (nSPS) is 11.2. The minimum Gasteiger partial charge on any atom is -0.319 e. The van der Waals surface area contributed by atoms with E-state index in [-0.39, 0.29) is 5.91 Å². The second-order valence-corrected chi connectivity index (χ2v) is 8.77. The van der Waals surface area contributed by atoms with Gasteiger partial charge in [-0.3, -0.25) is 9.48 Å². The van der Waals surface area contributed by atoms with Crippen LogP contribution in [0.2, 0.25) is 5.02 Å². The number of rotatable bonds is 5. The quantitative estimate of drug-likeness (QED) is 0.388. The van der Waals surface area contributed by atoms with Crippen molar-refractivity contribution in [2.75, 3.05) is 5.32 Å². The standard InChI is InChI=1S/C23H19ClN6OS/c1-14-21(15(2)29(28-14)13-16-5-3-6-17(24)11-16)27-23(31)18-12-26-30-19(8-9-25-22(18)30)20-7-4-10-32-20/h3-12H,13H2,1-2H3,(H,27,31). The summed E-state index contributed by atoms with van der Waals surface area (Å²) in [6.07, 6.45) is 3.25. The second-order valence-electron chi connectivity index (χ2n) is 7.39. The molecule has 0 saturated heterocycles. The van der Waals surface area contributed by atoms with Crippen molar-refractivity contribution in [1.29, 1.82) is 0 Å². The number of aromatic nitrogens is 5. The number of fused-ring (bicyclic) bond motifs is 1. The average molecular weight is 463 g/mol. The topological polar surface area (TPSA) is 77.1 Å². The van der Waals surface area contributed by atoms with E-state index in [1.54, 1.807) is 28.2 Å². The van der Waals surface area contributed by atoms with E-state index in [1.165, 1.54) is 0 Å². The largest absolute Gasteiger partial charge is 0.319 e. The van der Waals surface area contributed by atoms with Gasteiger partial charge < -0.3 is 5.32 Å². The van der Waals surface area contributed by atoms with Crippen molar-refractivity contribution >= 4 is 40.2 Å². The molecule has 1 amide bonds. The van der Waals surface area contributed by atoms with Gasteiger partial charge >= 0.3 is 0 Å². The van der Waals surface area contributed by atoms with Gasteiger partial charge in [0.1, 0.15) is 5.56 Å². The predicted octanol–water partition coefficient (Wildman–Crippen LogP) is 5.23. The SMILES string of the molecule is Cc1nn(Cc2cccc(Cl)c2)c(C)c1NC(=O)c1cnn2c(-c3cccs3)ccnc12. The molecule has 0 unspecified atom stereocenters. The Morgan fingerprint density at radius 1 is 1.19 bits per heavy atom. The van der Waals surface area contributed by atoms with Gasteiger partial charge in [0.15, 0.2) is 5.65 Å². The molecular weight excluding hydrogens is 444 g/mol. The molecule has 0 aliphatic rings. The monoisotopic (exact) mass is 462 g/mol. The molecule has 160 valence electrons. The number of nitrogens with zero attached hydrogens (tertiary/aromatic N) is 5. The van der Waals surface area contributed by atoms with Crippen LogP contribution in [0.25, 0.3) is 16.2 Å².